The van der Waals surface area contributed by atoms with Gasteiger partial charge in [-0.05, 0) is 56.9 Å². The molecule has 0 saturated heterocycles. The molecule has 0 spiro atoms. The highest BCUT2D eigenvalue weighted by molar-refractivity contribution is 6.32. The van der Waals surface area contributed by atoms with Crippen LogP contribution < -0.4 is 20.1 Å². The van der Waals surface area contributed by atoms with E-state index in [1.54, 1.807) is 26.4 Å². The molecule has 2 fully saturated rings. The molecule has 2 N–H and O–H groups in total. The third-order valence-corrected chi connectivity index (χ3v) is 6.34. The lowest BCUT2D eigenvalue weighted by molar-refractivity contribution is -0.122. The Morgan fingerprint density at radius 1 is 1.15 bits per heavy atom. The van der Waals surface area contributed by atoms with Crippen molar-refractivity contribution in [1.82, 2.24) is 5.32 Å². The van der Waals surface area contributed by atoms with Crippen molar-refractivity contribution in [2.24, 2.45) is 17.8 Å². The predicted molar refractivity (Wildman–Crippen MR) is 104 cm³/mol. The summed E-state index contributed by atoms with van der Waals surface area (Å²) in [4.78, 5) is 12.7. The number of benzene rings is 1. The summed E-state index contributed by atoms with van der Waals surface area (Å²) in [5.41, 5.74) is 0.675. The number of hydrogen-bond donors (Lipinski definition) is 2. The molecule has 2 aliphatic rings. The zero-order chi connectivity index (χ0) is 18.8. The largest absolute Gasteiger partial charge is 0.495 e. The highest BCUT2D eigenvalue weighted by Crippen LogP contribution is 2.49. The van der Waals surface area contributed by atoms with E-state index in [1.165, 1.54) is 25.7 Å². The molecule has 5 atom stereocenters. The minimum atomic E-state index is -0.394. The van der Waals surface area contributed by atoms with Gasteiger partial charge in [0.05, 0.1) is 24.9 Å². The van der Waals surface area contributed by atoms with E-state index in [0.29, 0.717) is 28.1 Å². The summed E-state index contributed by atoms with van der Waals surface area (Å²) in [6, 6.07) is 3.26. The molecule has 0 aliphatic heterocycles. The number of amides is 1. The van der Waals surface area contributed by atoms with E-state index in [0.717, 1.165) is 11.8 Å². The van der Waals surface area contributed by atoms with Crippen LogP contribution in [0.3, 0.4) is 0 Å². The van der Waals surface area contributed by atoms with Gasteiger partial charge in [-0.1, -0.05) is 18.0 Å². The van der Waals surface area contributed by atoms with Crippen LogP contribution in [0.5, 0.6) is 11.5 Å². The van der Waals surface area contributed by atoms with Gasteiger partial charge in [0.1, 0.15) is 17.5 Å². The first kappa shape index (κ1) is 19.2. The average Bonchev–Trinajstić information content (AvgIpc) is 3.25. The van der Waals surface area contributed by atoms with Gasteiger partial charge >= 0.3 is 0 Å². The Morgan fingerprint density at radius 3 is 2.46 bits per heavy atom. The van der Waals surface area contributed by atoms with Crippen molar-refractivity contribution in [3.05, 3.63) is 17.2 Å². The monoisotopic (exact) mass is 380 g/mol. The van der Waals surface area contributed by atoms with Crippen molar-refractivity contribution in [3.8, 4) is 11.5 Å². The highest BCUT2D eigenvalue weighted by atomic mass is 35.5. The van der Waals surface area contributed by atoms with Crippen LogP contribution in [0.2, 0.25) is 5.02 Å². The first-order chi connectivity index (χ1) is 12.4. The van der Waals surface area contributed by atoms with E-state index in [4.69, 9.17) is 21.1 Å². The van der Waals surface area contributed by atoms with Crippen molar-refractivity contribution in [3.63, 3.8) is 0 Å². The van der Waals surface area contributed by atoms with Crippen molar-refractivity contribution in [2.75, 3.05) is 19.5 Å². The van der Waals surface area contributed by atoms with Gasteiger partial charge in [-0.15, -0.1) is 0 Å². The Labute approximate surface area is 160 Å². The molecule has 1 amide bonds. The van der Waals surface area contributed by atoms with Gasteiger partial charge in [-0.2, -0.15) is 0 Å². The number of fused-ring (bicyclic) bond motifs is 2. The fourth-order valence-electron chi connectivity index (χ4n) is 4.63. The van der Waals surface area contributed by atoms with Crippen LogP contribution in [0.4, 0.5) is 5.69 Å². The summed E-state index contributed by atoms with van der Waals surface area (Å²) in [7, 11) is 3.14. The van der Waals surface area contributed by atoms with Crippen molar-refractivity contribution >= 4 is 23.2 Å². The molecule has 3 rings (SSSR count). The van der Waals surface area contributed by atoms with Gasteiger partial charge in [-0.3, -0.25) is 4.79 Å². The quantitative estimate of drug-likeness (QED) is 0.747. The summed E-state index contributed by atoms with van der Waals surface area (Å²) in [6.45, 7) is 3.99. The zero-order valence-corrected chi connectivity index (χ0v) is 16.7. The molecule has 2 bridgehead atoms. The van der Waals surface area contributed by atoms with Gasteiger partial charge in [0.2, 0.25) is 5.91 Å². The second kappa shape index (κ2) is 7.95. The molecule has 6 heteroatoms. The summed E-state index contributed by atoms with van der Waals surface area (Å²) >= 11 is 6.21. The second-order valence-corrected chi connectivity index (χ2v) is 8.10. The SMILES string of the molecule is COc1cc(OC)c(N[C@H](C)C(=O)N[C@H](C)[C@@H]2C[C@H]3CC[C@H]2C3)cc1Cl. The van der Waals surface area contributed by atoms with Gasteiger partial charge in [0.25, 0.3) is 0 Å². The lowest BCUT2D eigenvalue weighted by Crippen LogP contribution is -2.46. The fraction of sp³-hybridized carbons (Fsp3) is 0.650. The average molecular weight is 381 g/mol. The summed E-state index contributed by atoms with van der Waals surface area (Å²) in [6.07, 6.45) is 5.30. The topological polar surface area (TPSA) is 59.6 Å². The molecule has 0 aromatic heterocycles. The lowest BCUT2D eigenvalue weighted by atomic mass is 9.84. The zero-order valence-electron chi connectivity index (χ0n) is 16.0. The van der Waals surface area contributed by atoms with Crippen LogP contribution in [0.1, 0.15) is 39.5 Å². The van der Waals surface area contributed by atoms with E-state index in [9.17, 15) is 4.79 Å². The number of methoxy groups -OCH3 is 2. The molecule has 5 nitrogen and oxygen atoms in total. The molecule has 0 radical (unpaired) electrons. The third kappa shape index (κ3) is 3.88. The number of carbonyl (C=O) groups is 1. The number of rotatable bonds is 7. The van der Waals surface area contributed by atoms with E-state index in [2.05, 4.69) is 17.6 Å². The Morgan fingerprint density at radius 2 is 1.88 bits per heavy atom. The molecule has 0 unspecified atom stereocenters. The third-order valence-electron chi connectivity index (χ3n) is 6.04. The molecule has 144 valence electrons. The minimum Gasteiger partial charge on any atom is -0.495 e. The van der Waals surface area contributed by atoms with Crippen LogP contribution in [-0.2, 0) is 4.79 Å². The number of anilines is 1. The number of halogens is 1. The normalized spacial score (nSPS) is 26.3. The fourth-order valence-corrected chi connectivity index (χ4v) is 4.88. The number of nitrogens with one attached hydrogen (secondary N) is 2. The molecule has 26 heavy (non-hydrogen) atoms. The molecular formula is C20H29ClN2O3. The maximum absolute atomic E-state index is 12.7. The molecule has 1 aromatic rings. The Hall–Kier alpha value is -1.62. The summed E-state index contributed by atoms with van der Waals surface area (Å²) in [5, 5.41) is 6.88. The van der Waals surface area contributed by atoms with Crippen LogP contribution in [-0.4, -0.2) is 32.2 Å². The Bertz CT molecular complexity index is 667. The summed E-state index contributed by atoms with van der Waals surface area (Å²) < 4.78 is 10.6. The number of hydrogen-bond acceptors (Lipinski definition) is 4. The molecule has 2 aliphatic carbocycles. The van der Waals surface area contributed by atoms with Crippen LogP contribution in [0, 0.1) is 17.8 Å². The molecule has 0 heterocycles. The maximum atomic E-state index is 12.7. The van der Waals surface area contributed by atoms with Crippen molar-refractivity contribution in [1.29, 1.82) is 0 Å². The first-order valence-electron chi connectivity index (χ1n) is 9.41. The van der Waals surface area contributed by atoms with Gasteiger partial charge in [0, 0.05) is 12.1 Å². The van der Waals surface area contributed by atoms with E-state index >= 15 is 0 Å². The van der Waals surface area contributed by atoms with Gasteiger partial charge < -0.3 is 20.1 Å². The smallest absolute Gasteiger partial charge is 0.242 e. The molecule has 2 saturated carbocycles. The second-order valence-electron chi connectivity index (χ2n) is 7.69. The van der Waals surface area contributed by atoms with Crippen LogP contribution >= 0.6 is 11.6 Å². The minimum absolute atomic E-state index is 0.00531. The van der Waals surface area contributed by atoms with Crippen LogP contribution in [0.25, 0.3) is 0 Å². The first-order valence-corrected chi connectivity index (χ1v) is 9.79. The van der Waals surface area contributed by atoms with Crippen molar-refractivity contribution in [2.45, 2.75) is 51.6 Å². The van der Waals surface area contributed by atoms with E-state index < -0.39 is 6.04 Å². The van der Waals surface area contributed by atoms with E-state index in [1.807, 2.05) is 6.92 Å². The van der Waals surface area contributed by atoms with Crippen molar-refractivity contribution < 1.29 is 14.3 Å². The highest BCUT2D eigenvalue weighted by Gasteiger charge is 2.42. The Balaban J connectivity index is 1.61. The Kier molecular flexibility index (Phi) is 5.86. The van der Waals surface area contributed by atoms with Gasteiger partial charge in [-0.25, -0.2) is 0 Å². The van der Waals surface area contributed by atoms with E-state index in [-0.39, 0.29) is 11.9 Å². The predicted octanol–water partition coefficient (Wildman–Crippen LogP) is 4.10. The van der Waals surface area contributed by atoms with Crippen LogP contribution in [0.15, 0.2) is 12.1 Å². The van der Waals surface area contributed by atoms with Gasteiger partial charge in [0.15, 0.2) is 0 Å². The maximum Gasteiger partial charge on any atom is 0.242 e. The lowest BCUT2D eigenvalue weighted by Gasteiger charge is -2.29. The number of carbonyl (C=O) groups excluding carboxylic acids is 1. The number of ether oxygens (including phenoxy) is 2. The molecule has 1 aromatic carbocycles. The summed E-state index contributed by atoms with van der Waals surface area (Å²) in [5.74, 6) is 3.41. The standard InChI is InChI=1S/C20H29ClN2O3/c1-11(15-8-13-5-6-14(15)7-13)23-20(24)12(2)22-17-9-16(21)18(25-3)10-19(17)26-4/h9-15,22H,5-8H2,1-4H3,(H,23,24)/t11-,12-,13+,14+,15+/m1/s1. The molecular weight excluding hydrogens is 352 g/mol.